The summed E-state index contributed by atoms with van der Waals surface area (Å²) in [6, 6.07) is 0.681. The lowest BCUT2D eigenvalue weighted by molar-refractivity contribution is 0.376. The second-order valence-electron chi connectivity index (χ2n) is 4.37. The third-order valence-corrected chi connectivity index (χ3v) is 3.34. The molecule has 2 unspecified atom stereocenters. The zero-order valence-electron chi connectivity index (χ0n) is 9.25. The van der Waals surface area contributed by atoms with Crippen LogP contribution in [-0.4, -0.2) is 22.1 Å². The Morgan fingerprint density at radius 1 is 1.50 bits per heavy atom. The number of nitrogens with one attached hydrogen (secondary N) is 1. The molecule has 14 heavy (non-hydrogen) atoms. The molecule has 1 aliphatic heterocycles. The van der Waals surface area contributed by atoms with Gasteiger partial charge in [-0.15, -0.1) is 0 Å². The second kappa shape index (κ2) is 3.73. The molecular weight excluding hydrogens is 174 g/mol. The number of nitrogens with zero attached hydrogens (tertiary/aromatic N) is 2. The lowest BCUT2D eigenvalue weighted by atomic mass is 9.93. The summed E-state index contributed by atoms with van der Waals surface area (Å²) in [5, 5.41) is 3.53. The summed E-state index contributed by atoms with van der Waals surface area (Å²) >= 11 is 0. The average Bonchev–Trinajstić information content (AvgIpc) is 2.50. The highest BCUT2D eigenvalue weighted by Gasteiger charge is 2.21. The van der Waals surface area contributed by atoms with E-state index in [4.69, 9.17) is 0 Å². The first-order chi connectivity index (χ1) is 6.68. The van der Waals surface area contributed by atoms with Crippen LogP contribution in [-0.2, 0) is 7.05 Å². The number of hydrogen-bond acceptors (Lipinski definition) is 2. The largest absolute Gasteiger partial charge is 0.335 e. The van der Waals surface area contributed by atoms with Gasteiger partial charge in [-0.05, 0) is 26.7 Å². The van der Waals surface area contributed by atoms with Crippen LogP contribution < -0.4 is 5.32 Å². The van der Waals surface area contributed by atoms with Crippen molar-refractivity contribution in [3.05, 3.63) is 17.7 Å². The standard InChI is InChI=1S/C11H19N3/c1-8-4-5-10(6-12-8)11-7-13-9(2)14(11)3/h7-8,10,12H,4-6H2,1-3H3. The minimum absolute atomic E-state index is 0.650. The summed E-state index contributed by atoms with van der Waals surface area (Å²) in [6.45, 7) is 5.41. The van der Waals surface area contributed by atoms with E-state index in [2.05, 4.69) is 35.8 Å². The van der Waals surface area contributed by atoms with Crippen molar-refractivity contribution in [2.24, 2.45) is 7.05 Å². The van der Waals surface area contributed by atoms with Crippen LogP contribution in [0.3, 0.4) is 0 Å². The fraction of sp³-hybridized carbons (Fsp3) is 0.727. The fourth-order valence-electron chi connectivity index (χ4n) is 2.15. The molecule has 0 aromatic carbocycles. The van der Waals surface area contributed by atoms with E-state index in [9.17, 15) is 0 Å². The second-order valence-corrected chi connectivity index (χ2v) is 4.37. The summed E-state index contributed by atoms with van der Waals surface area (Å²) < 4.78 is 2.21. The Morgan fingerprint density at radius 2 is 2.29 bits per heavy atom. The third kappa shape index (κ3) is 1.69. The van der Waals surface area contributed by atoms with Gasteiger partial charge in [-0.2, -0.15) is 0 Å². The summed E-state index contributed by atoms with van der Waals surface area (Å²) in [5.41, 5.74) is 1.38. The van der Waals surface area contributed by atoms with Crippen LogP contribution in [0.1, 0.15) is 37.2 Å². The molecule has 2 heterocycles. The summed E-state index contributed by atoms with van der Waals surface area (Å²) in [5.74, 6) is 1.76. The van der Waals surface area contributed by atoms with Gasteiger partial charge in [0, 0.05) is 37.4 Å². The minimum atomic E-state index is 0.650. The number of imidazole rings is 1. The number of aryl methyl sites for hydroxylation is 1. The van der Waals surface area contributed by atoms with Crippen LogP contribution in [0.25, 0.3) is 0 Å². The van der Waals surface area contributed by atoms with Crippen molar-refractivity contribution in [3.8, 4) is 0 Å². The Kier molecular flexibility index (Phi) is 2.59. The monoisotopic (exact) mass is 193 g/mol. The molecule has 3 heteroatoms. The molecule has 1 aromatic rings. The Bertz CT molecular complexity index is 308. The summed E-state index contributed by atoms with van der Waals surface area (Å²) in [7, 11) is 2.11. The van der Waals surface area contributed by atoms with Gasteiger partial charge in [0.05, 0.1) is 0 Å². The van der Waals surface area contributed by atoms with Crippen molar-refractivity contribution in [1.82, 2.24) is 14.9 Å². The number of piperidine rings is 1. The molecule has 0 saturated carbocycles. The highest BCUT2D eigenvalue weighted by molar-refractivity contribution is 5.11. The maximum absolute atomic E-state index is 4.35. The van der Waals surface area contributed by atoms with Gasteiger partial charge in [0.2, 0.25) is 0 Å². The highest BCUT2D eigenvalue weighted by Crippen LogP contribution is 2.24. The molecule has 0 radical (unpaired) electrons. The molecular formula is C11H19N3. The molecule has 78 valence electrons. The van der Waals surface area contributed by atoms with Crippen molar-refractivity contribution in [1.29, 1.82) is 0 Å². The van der Waals surface area contributed by atoms with Crippen LogP contribution in [0.15, 0.2) is 6.20 Å². The van der Waals surface area contributed by atoms with Gasteiger partial charge in [-0.25, -0.2) is 4.98 Å². The quantitative estimate of drug-likeness (QED) is 0.734. The number of aromatic nitrogens is 2. The molecule has 3 nitrogen and oxygen atoms in total. The Balaban J connectivity index is 2.12. The summed E-state index contributed by atoms with van der Waals surface area (Å²) in [4.78, 5) is 4.35. The molecule has 1 aromatic heterocycles. The zero-order valence-corrected chi connectivity index (χ0v) is 9.25. The van der Waals surface area contributed by atoms with E-state index in [0.717, 1.165) is 12.4 Å². The van der Waals surface area contributed by atoms with Gasteiger partial charge in [0.15, 0.2) is 0 Å². The van der Waals surface area contributed by atoms with Gasteiger partial charge in [0.25, 0.3) is 0 Å². The predicted octanol–water partition coefficient (Wildman–Crippen LogP) is 1.58. The third-order valence-electron chi connectivity index (χ3n) is 3.34. The van der Waals surface area contributed by atoms with Gasteiger partial charge >= 0.3 is 0 Å². The first kappa shape index (κ1) is 9.71. The van der Waals surface area contributed by atoms with E-state index in [0.29, 0.717) is 12.0 Å². The van der Waals surface area contributed by atoms with Crippen LogP contribution in [0.5, 0.6) is 0 Å². The fourth-order valence-corrected chi connectivity index (χ4v) is 2.15. The SMILES string of the molecule is Cc1ncc(C2CCC(C)NC2)n1C. The van der Waals surface area contributed by atoms with Gasteiger partial charge in [-0.1, -0.05) is 0 Å². The van der Waals surface area contributed by atoms with Crippen molar-refractivity contribution in [2.45, 2.75) is 38.6 Å². The first-order valence-corrected chi connectivity index (χ1v) is 5.40. The topological polar surface area (TPSA) is 29.9 Å². The molecule has 0 amide bonds. The number of rotatable bonds is 1. The minimum Gasteiger partial charge on any atom is -0.335 e. The lowest BCUT2D eigenvalue weighted by Gasteiger charge is -2.27. The molecule has 1 fully saturated rings. The molecule has 2 rings (SSSR count). The van der Waals surface area contributed by atoms with Crippen molar-refractivity contribution in [2.75, 3.05) is 6.54 Å². The van der Waals surface area contributed by atoms with E-state index in [-0.39, 0.29) is 0 Å². The maximum Gasteiger partial charge on any atom is 0.105 e. The maximum atomic E-state index is 4.35. The lowest BCUT2D eigenvalue weighted by Crippen LogP contribution is -2.36. The van der Waals surface area contributed by atoms with Gasteiger partial charge in [-0.3, -0.25) is 0 Å². The van der Waals surface area contributed by atoms with Crippen LogP contribution in [0, 0.1) is 6.92 Å². The molecule has 0 bridgehead atoms. The summed E-state index contributed by atoms with van der Waals surface area (Å²) in [6.07, 6.45) is 4.58. The highest BCUT2D eigenvalue weighted by atomic mass is 15.1. The molecule has 2 atom stereocenters. The van der Waals surface area contributed by atoms with E-state index >= 15 is 0 Å². The molecule has 0 aliphatic carbocycles. The number of hydrogen-bond donors (Lipinski definition) is 1. The van der Waals surface area contributed by atoms with Crippen molar-refractivity contribution < 1.29 is 0 Å². The average molecular weight is 193 g/mol. The van der Waals surface area contributed by atoms with Gasteiger partial charge < -0.3 is 9.88 Å². The van der Waals surface area contributed by atoms with Crippen LogP contribution in [0.2, 0.25) is 0 Å². The molecule has 1 N–H and O–H groups in total. The van der Waals surface area contributed by atoms with Crippen molar-refractivity contribution >= 4 is 0 Å². The van der Waals surface area contributed by atoms with Crippen molar-refractivity contribution in [3.63, 3.8) is 0 Å². The Labute approximate surface area is 85.5 Å². The first-order valence-electron chi connectivity index (χ1n) is 5.40. The predicted molar refractivity (Wildman–Crippen MR) is 57.4 cm³/mol. The molecule has 1 saturated heterocycles. The smallest absolute Gasteiger partial charge is 0.105 e. The van der Waals surface area contributed by atoms with E-state index < -0.39 is 0 Å². The van der Waals surface area contributed by atoms with E-state index in [1.54, 1.807) is 0 Å². The van der Waals surface area contributed by atoms with Crippen LogP contribution >= 0.6 is 0 Å². The van der Waals surface area contributed by atoms with E-state index in [1.165, 1.54) is 18.5 Å². The Hall–Kier alpha value is -0.830. The van der Waals surface area contributed by atoms with E-state index in [1.807, 2.05) is 6.20 Å². The normalized spacial score (nSPS) is 27.9. The molecule has 0 spiro atoms. The molecule has 1 aliphatic rings. The van der Waals surface area contributed by atoms with Crippen LogP contribution in [0.4, 0.5) is 0 Å². The Morgan fingerprint density at radius 3 is 2.79 bits per heavy atom. The van der Waals surface area contributed by atoms with Gasteiger partial charge in [0.1, 0.15) is 5.82 Å². The zero-order chi connectivity index (χ0) is 10.1.